The first-order valence-electron chi connectivity index (χ1n) is 9.13. The van der Waals surface area contributed by atoms with E-state index in [1.54, 1.807) is 30.3 Å². The molecule has 0 atom stereocenters. The molecule has 0 heterocycles. The van der Waals surface area contributed by atoms with Gasteiger partial charge in [0.2, 0.25) is 0 Å². The van der Waals surface area contributed by atoms with Crippen LogP contribution >= 0.6 is 0 Å². The molecule has 0 aliphatic carbocycles. The fourth-order valence-corrected chi connectivity index (χ4v) is 4.87. The predicted molar refractivity (Wildman–Crippen MR) is 91.2 cm³/mol. The number of alkyl halides is 16. The van der Waals surface area contributed by atoms with Gasteiger partial charge in [-0.3, -0.25) is 0 Å². The normalized spacial score (nSPS) is 14.9. The van der Waals surface area contributed by atoms with Gasteiger partial charge in [0.25, 0.3) is 0 Å². The maximum atomic E-state index is 14.0. The van der Waals surface area contributed by atoms with Crippen molar-refractivity contribution < 1.29 is 87.1 Å². The Hall–Kier alpha value is -1.88. The van der Waals surface area contributed by atoms with Gasteiger partial charge < -0.3 is 0 Å². The van der Waals surface area contributed by atoms with Gasteiger partial charge in [-0.05, 0) is 0 Å². The monoisotopic (exact) mass is 663 g/mol. The van der Waals surface area contributed by atoms with Gasteiger partial charge in [0.05, 0.1) is 0 Å². The molecule has 0 saturated carbocycles. The second-order valence-electron chi connectivity index (χ2n) is 7.21. The zero-order valence-corrected chi connectivity index (χ0v) is 19.1. The van der Waals surface area contributed by atoms with Crippen molar-refractivity contribution in [3.8, 4) is 11.1 Å². The summed E-state index contributed by atoms with van der Waals surface area (Å²) in [6, 6.07) is 13.1. The minimum absolute atomic E-state index is 0.118. The molecule has 204 valence electrons. The summed E-state index contributed by atoms with van der Waals surface area (Å²) in [7, 11) is 0. The molecule has 0 aliphatic rings. The Kier molecular flexibility index (Phi) is 7.97. The molecule has 16 heteroatoms. The number of halogens is 16. The quantitative estimate of drug-likeness (QED) is 0.202. The van der Waals surface area contributed by atoms with Gasteiger partial charge in [0, 0.05) is 0 Å². The van der Waals surface area contributed by atoms with Crippen LogP contribution in [0.2, 0.25) is 0 Å². The van der Waals surface area contributed by atoms with Crippen LogP contribution in [0.4, 0.5) is 65.9 Å². The summed E-state index contributed by atoms with van der Waals surface area (Å²) in [5, 5.41) is 0. The molecule has 0 nitrogen and oxygen atoms in total. The molecule has 2 rings (SSSR count). The van der Waals surface area contributed by atoms with E-state index >= 15 is 0 Å². The third-order valence-electron chi connectivity index (χ3n) is 4.73. The minimum atomic E-state index is -8.25. The van der Waals surface area contributed by atoms with Crippen molar-refractivity contribution in [1.29, 1.82) is 0 Å². The first-order valence-corrected chi connectivity index (χ1v) is 11.7. The van der Waals surface area contributed by atoms with E-state index < -0.39 is 67.3 Å². The van der Waals surface area contributed by atoms with Crippen molar-refractivity contribution in [1.82, 2.24) is 0 Å². The number of benzene rings is 2. The van der Waals surface area contributed by atoms with E-state index in [1.165, 1.54) is 12.1 Å². The van der Waals surface area contributed by atoms with Crippen molar-refractivity contribution in [2.24, 2.45) is 0 Å². The molecule has 0 unspecified atom stereocenters. The molecule has 0 amide bonds. The van der Waals surface area contributed by atoms with Crippen molar-refractivity contribution in [2.75, 3.05) is 4.43 Å². The van der Waals surface area contributed by atoms with Crippen molar-refractivity contribution in [3.05, 3.63) is 58.2 Å². The first-order chi connectivity index (χ1) is 16.0. The van der Waals surface area contributed by atoms with E-state index in [4.69, 9.17) is 0 Å². The van der Waals surface area contributed by atoms with Crippen LogP contribution in [-0.2, 0) is 0 Å². The van der Waals surface area contributed by atoms with Gasteiger partial charge in [-0.2, -0.15) is 0 Å². The molecular formula is C20H11F15I-. The van der Waals surface area contributed by atoms with Crippen LogP contribution in [0.25, 0.3) is 11.1 Å². The Bertz CT molecular complexity index is 1030. The molecule has 0 aliphatic heterocycles. The second-order valence-corrected chi connectivity index (χ2v) is 9.99. The predicted octanol–water partition coefficient (Wildman–Crippen LogP) is 4.99. The molecule has 0 N–H and O–H groups in total. The van der Waals surface area contributed by atoms with Crippen LogP contribution in [0.3, 0.4) is 0 Å². The number of hydrogen-bond acceptors (Lipinski definition) is 0. The Labute approximate surface area is 202 Å². The molecule has 0 bridgehead atoms. The molecule has 2 aromatic carbocycles. The zero-order chi connectivity index (χ0) is 28.0. The van der Waals surface area contributed by atoms with Crippen molar-refractivity contribution in [2.45, 2.75) is 41.7 Å². The summed E-state index contributed by atoms with van der Waals surface area (Å²) < 4.78 is 196. The van der Waals surface area contributed by atoms with Gasteiger partial charge in [-0.25, -0.2) is 0 Å². The molecule has 0 radical (unpaired) electrons. The average molecular weight is 663 g/mol. The van der Waals surface area contributed by atoms with Gasteiger partial charge >= 0.3 is 202 Å². The molecular weight excluding hydrogens is 652 g/mol. The van der Waals surface area contributed by atoms with Gasteiger partial charge in [-0.15, -0.1) is 0 Å². The summed E-state index contributed by atoms with van der Waals surface area (Å²) in [4.78, 5) is 0. The fourth-order valence-electron chi connectivity index (χ4n) is 2.61. The van der Waals surface area contributed by atoms with E-state index in [1.807, 2.05) is 0 Å². The molecule has 36 heavy (non-hydrogen) atoms. The van der Waals surface area contributed by atoms with E-state index in [9.17, 15) is 65.9 Å². The Morgan fingerprint density at radius 3 is 1.28 bits per heavy atom. The first kappa shape index (κ1) is 30.3. The van der Waals surface area contributed by atoms with Gasteiger partial charge in [0.15, 0.2) is 0 Å². The maximum absolute atomic E-state index is 14.0. The zero-order valence-electron chi connectivity index (χ0n) is 17.0. The standard InChI is InChI=1S/C20H11F15I/c21-14(22,10-36-13-8-6-12(7-9-13)11-4-2-1-3-5-11)15(23,24)16(25,26)17(27,28)18(29,30)19(31,32)20(33,34)35/h1-9H,10H2/q-1. The van der Waals surface area contributed by atoms with Gasteiger partial charge in [0.1, 0.15) is 0 Å². The third-order valence-corrected chi connectivity index (χ3v) is 7.67. The van der Waals surface area contributed by atoms with Crippen LogP contribution < -0.4 is 21.2 Å². The number of hydrogen-bond donors (Lipinski definition) is 0. The molecule has 0 spiro atoms. The fraction of sp³-hybridized carbons (Fsp3) is 0.400. The van der Waals surface area contributed by atoms with Crippen LogP contribution in [0.1, 0.15) is 0 Å². The van der Waals surface area contributed by atoms with E-state index in [-0.39, 0.29) is 3.57 Å². The van der Waals surface area contributed by atoms with E-state index in [0.717, 1.165) is 12.1 Å². The van der Waals surface area contributed by atoms with Crippen LogP contribution in [0, 0.1) is 3.57 Å². The van der Waals surface area contributed by atoms with Gasteiger partial charge in [-0.1, -0.05) is 0 Å². The summed E-state index contributed by atoms with van der Waals surface area (Å²) in [6.45, 7) is 0. The summed E-state index contributed by atoms with van der Waals surface area (Å²) in [5.74, 6) is -46.1. The number of rotatable bonds is 9. The second kappa shape index (κ2) is 9.45. The van der Waals surface area contributed by atoms with Crippen LogP contribution in [-0.4, -0.2) is 46.1 Å². The Morgan fingerprint density at radius 2 is 0.833 bits per heavy atom. The molecule has 0 fully saturated rings. The van der Waals surface area contributed by atoms with Crippen LogP contribution in [0.5, 0.6) is 0 Å². The Morgan fingerprint density at radius 1 is 0.444 bits per heavy atom. The van der Waals surface area contributed by atoms with Crippen molar-refractivity contribution in [3.63, 3.8) is 0 Å². The van der Waals surface area contributed by atoms with Crippen molar-refractivity contribution >= 4 is 0 Å². The van der Waals surface area contributed by atoms with E-state index in [0.29, 0.717) is 11.1 Å². The van der Waals surface area contributed by atoms with Crippen LogP contribution in [0.15, 0.2) is 54.6 Å². The Balaban J connectivity index is 2.31. The molecule has 0 saturated heterocycles. The van der Waals surface area contributed by atoms with E-state index in [2.05, 4.69) is 0 Å². The summed E-state index contributed by atoms with van der Waals surface area (Å²) in [5.41, 5.74) is 1.15. The molecule has 2 aromatic rings. The molecule has 0 aromatic heterocycles. The SMILES string of the molecule is FC(F)(F)C(F)(F)C(F)(F)C(F)(F)C(F)(F)C(F)(F)C(F)(F)C[I-]c1ccc(-c2ccccc2)cc1. The average Bonchev–Trinajstić information content (AvgIpc) is 2.77. The topological polar surface area (TPSA) is 0 Å². The third kappa shape index (κ3) is 4.85. The summed E-state index contributed by atoms with van der Waals surface area (Å²) in [6.07, 6.45) is -7.61. The summed E-state index contributed by atoms with van der Waals surface area (Å²) >= 11 is -2.39.